The number of benzene rings is 1. The number of halogens is 2. The lowest BCUT2D eigenvalue weighted by atomic mass is 10.2. The Morgan fingerprint density at radius 3 is 2.53 bits per heavy atom. The van der Waals surface area contributed by atoms with Gasteiger partial charge in [0.25, 0.3) is 0 Å². The minimum absolute atomic E-state index is 0.0744. The molecule has 0 amide bonds. The molecule has 15 heavy (non-hydrogen) atoms. The van der Waals surface area contributed by atoms with E-state index in [1.54, 1.807) is 6.07 Å². The van der Waals surface area contributed by atoms with Crippen molar-refractivity contribution < 1.29 is 4.39 Å². The molecule has 2 rings (SSSR count). The van der Waals surface area contributed by atoms with Gasteiger partial charge in [0.05, 0.1) is 0 Å². The second-order valence-corrected chi connectivity index (χ2v) is 3.83. The highest BCUT2D eigenvalue weighted by Crippen LogP contribution is 2.22. The van der Waals surface area contributed by atoms with E-state index in [0.717, 1.165) is 4.68 Å². The van der Waals surface area contributed by atoms with Gasteiger partial charge in [0.1, 0.15) is 5.82 Å². The Morgan fingerprint density at radius 1 is 1.27 bits per heavy atom. The third-order valence-corrected chi connectivity index (χ3v) is 2.30. The average Bonchev–Trinajstić information content (AvgIpc) is 2.46. The maximum Gasteiger partial charge on any atom is 0.241 e. The molecule has 7 heteroatoms. The molecule has 0 fully saturated rings. The summed E-state index contributed by atoms with van der Waals surface area (Å²) in [7, 11) is 0. The topological polar surface area (TPSA) is 82.8 Å². The van der Waals surface area contributed by atoms with E-state index < -0.39 is 0 Å². The van der Waals surface area contributed by atoms with Crippen LogP contribution in [0.4, 0.5) is 10.3 Å². The van der Waals surface area contributed by atoms with E-state index >= 15 is 0 Å². The van der Waals surface area contributed by atoms with Gasteiger partial charge in [0.15, 0.2) is 5.82 Å². The zero-order valence-corrected chi connectivity index (χ0v) is 9.07. The van der Waals surface area contributed by atoms with Gasteiger partial charge in [-0.25, -0.2) is 9.07 Å². The van der Waals surface area contributed by atoms with Crippen LogP contribution in [-0.2, 0) is 0 Å². The lowest BCUT2D eigenvalue weighted by Crippen LogP contribution is -2.13. The Bertz CT molecular complexity index is 489. The first kappa shape index (κ1) is 9.91. The smallest absolute Gasteiger partial charge is 0.241 e. The quantitative estimate of drug-likeness (QED) is 0.762. The predicted molar refractivity (Wildman–Crippen MR) is 57.7 cm³/mol. The molecule has 2 aromatic rings. The van der Waals surface area contributed by atoms with Gasteiger partial charge in [-0.2, -0.15) is 0 Å². The molecule has 1 aromatic carbocycles. The molecule has 0 atom stereocenters. The number of nitrogen functional groups attached to an aromatic ring is 2. The zero-order chi connectivity index (χ0) is 11.0. The summed E-state index contributed by atoms with van der Waals surface area (Å²) in [6.45, 7) is 0. The van der Waals surface area contributed by atoms with Crippen LogP contribution in [0.15, 0.2) is 22.7 Å². The van der Waals surface area contributed by atoms with Gasteiger partial charge >= 0.3 is 0 Å². The molecule has 0 aliphatic carbocycles. The van der Waals surface area contributed by atoms with Gasteiger partial charge in [-0.1, -0.05) is 15.9 Å². The molecule has 1 heterocycles. The van der Waals surface area contributed by atoms with E-state index in [2.05, 4.69) is 26.1 Å². The number of rotatable bonds is 1. The Labute approximate surface area is 93.0 Å². The number of aromatic nitrogens is 3. The molecule has 0 saturated heterocycles. The third kappa shape index (κ3) is 1.78. The van der Waals surface area contributed by atoms with Crippen LogP contribution in [-0.4, -0.2) is 14.9 Å². The first-order valence-corrected chi connectivity index (χ1v) is 4.79. The highest BCUT2D eigenvalue weighted by atomic mass is 79.9. The van der Waals surface area contributed by atoms with Crippen molar-refractivity contribution in [2.75, 3.05) is 11.6 Å². The lowest BCUT2D eigenvalue weighted by molar-refractivity contribution is 0.627. The SMILES string of the molecule is Nc1nnc(-c2cc(F)cc(Br)c2)n1N. The second-order valence-electron chi connectivity index (χ2n) is 2.91. The average molecular weight is 272 g/mol. The van der Waals surface area contributed by atoms with Gasteiger partial charge in [-0.15, -0.1) is 10.2 Å². The van der Waals surface area contributed by atoms with Gasteiger partial charge in [0.2, 0.25) is 5.95 Å². The highest BCUT2D eigenvalue weighted by Gasteiger charge is 2.10. The van der Waals surface area contributed by atoms with Crippen molar-refractivity contribution >= 4 is 21.9 Å². The Morgan fingerprint density at radius 2 is 2.00 bits per heavy atom. The molecule has 0 aliphatic heterocycles. The zero-order valence-electron chi connectivity index (χ0n) is 7.48. The number of nitrogens with two attached hydrogens (primary N) is 2. The van der Waals surface area contributed by atoms with Crippen LogP contribution in [0.1, 0.15) is 0 Å². The fraction of sp³-hybridized carbons (Fsp3) is 0. The van der Waals surface area contributed by atoms with Gasteiger partial charge in [-0.3, -0.25) is 0 Å². The van der Waals surface area contributed by atoms with E-state index in [0.29, 0.717) is 15.9 Å². The second kappa shape index (κ2) is 3.50. The monoisotopic (exact) mass is 271 g/mol. The summed E-state index contributed by atoms with van der Waals surface area (Å²) in [6, 6.07) is 4.32. The number of anilines is 1. The molecule has 78 valence electrons. The minimum atomic E-state index is -0.388. The molecule has 4 N–H and O–H groups in total. The lowest BCUT2D eigenvalue weighted by Gasteiger charge is -2.02. The van der Waals surface area contributed by atoms with E-state index in [1.165, 1.54) is 12.1 Å². The molecule has 0 radical (unpaired) electrons. The Balaban J connectivity index is 2.58. The third-order valence-electron chi connectivity index (χ3n) is 1.84. The van der Waals surface area contributed by atoms with Crippen molar-refractivity contribution in [1.82, 2.24) is 14.9 Å². The molecule has 0 aliphatic rings. The van der Waals surface area contributed by atoms with E-state index in [9.17, 15) is 4.39 Å². The Kier molecular flexibility index (Phi) is 2.31. The van der Waals surface area contributed by atoms with Gasteiger partial charge in [-0.05, 0) is 18.2 Å². The fourth-order valence-corrected chi connectivity index (χ4v) is 1.65. The van der Waals surface area contributed by atoms with Crippen LogP contribution >= 0.6 is 15.9 Å². The van der Waals surface area contributed by atoms with Gasteiger partial charge in [0, 0.05) is 10.0 Å². The van der Waals surface area contributed by atoms with Crippen LogP contribution in [0.3, 0.4) is 0 Å². The van der Waals surface area contributed by atoms with E-state index in [4.69, 9.17) is 11.6 Å². The van der Waals surface area contributed by atoms with E-state index in [1.807, 2.05) is 0 Å². The van der Waals surface area contributed by atoms with Crippen LogP contribution in [0, 0.1) is 5.82 Å². The van der Waals surface area contributed by atoms with Crippen LogP contribution < -0.4 is 11.6 Å². The van der Waals surface area contributed by atoms with Crippen LogP contribution in [0.5, 0.6) is 0 Å². The molecule has 0 bridgehead atoms. The summed E-state index contributed by atoms with van der Waals surface area (Å²) in [5.74, 6) is 5.56. The van der Waals surface area contributed by atoms with Crippen molar-refractivity contribution in [3.05, 3.63) is 28.5 Å². The molecule has 1 aromatic heterocycles. The van der Waals surface area contributed by atoms with Crippen molar-refractivity contribution in [2.45, 2.75) is 0 Å². The summed E-state index contributed by atoms with van der Waals surface area (Å²) < 4.78 is 14.8. The molecule has 0 saturated carbocycles. The number of hydrogen-bond acceptors (Lipinski definition) is 4. The summed E-state index contributed by atoms with van der Waals surface area (Å²) in [5, 5.41) is 7.32. The van der Waals surface area contributed by atoms with Crippen LogP contribution in [0.2, 0.25) is 0 Å². The fourth-order valence-electron chi connectivity index (χ4n) is 1.18. The number of nitrogens with zero attached hydrogens (tertiary/aromatic N) is 3. The summed E-state index contributed by atoms with van der Waals surface area (Å²) in [5.41, 5.74) is 5.92. The van der Waals surface area contributed by atoms with Crippen LogP contribution in [0.25, 0.3) is 11.4 Å². The maximum atomic E-state index is 13.1. The van der Waals surface area contributed by atoms with Crippen molar-refractivity contribution in [3.63, 3.8) is 0 Å². The van der Waals surface area contributed by atoms with Crippen molar-refractivity contribution in [2.24, 2.45) is 0 Å². The highest BCUT2D eigenvalue weighted by molar-refractivity contribution is 9.10. The molecule has 0 spiro atoms. The minimum Gasteiger partial charge on any atom is -0.366 e. The summed E-state index contributed by atoms with van der Waals surface area (Å²) >= 11 is 3.17. The molecule has 5 nitrogen and oxygen atoms in total. The maximum absolute atomic E-state index is 13.1. The molecule has 0 unspecified atom stereocenters. The van der Waals surface area contributed by atoms with E-state index in [-0.39, 0.29) is 11.8 Å². The molecular formula is C8H7BrFN5. The first-order chi connectivity index (χ1) is 7.08. The molecular weight excluding hydrogens is 265 g/mol. The van der Waals surface area contributed by atoms with Crippen molar-refractivity contribution in [1.29, 1.82) is 0 Å². The predicted octanol–water partition coefficient (Wildman–Crippen LogP) is 1.14. The number of hydrogen-bond donors (Lipinski definition) is 2. The standard InChI is InChI=1S/C8H7BrFN5/c9-5-1-4(2-6(10)3-5)7-13-14-8(11)15(7)12/h1-3H,12H2,(H2,11,14). The van der Waals surface area contributed by atoms with Crippen molar-refractivity contribution in [3.8, 4) is 11.4 Å². The summed E-state index contributed by atoms with van der Waals surface area (Å²) in [6.07, 6.45) is 0. The summed E-state index contributed by atoms with van der Waals surface area (Å²) in [4.78, 5) is 0. The largest absolute Gasteiger partial charge is 0.366 e. The van der Waals surface area contributed by atoms with Gasteiger partial charge < -0.3 is 11.6 Å². The first-order valence-electron chi connectivity index (χ1n) is 4.00. The Hall–Kier alpha value is -1.63. The normalized spacial score (nSPS) is 10.5.